The van der Waals surface area contributed by atoms with Gasteiger partial charge in [0.2, 0.25) is 0 Å². The lowest BCUT2D eigenvalue weighted by molar-refractivity contribution is 0.0938. The lowest BCUT2D eigenvalue weighted by atomic mass is 10.1. The highest BCUT2D eigenvalue weighted by Gasteiger charge is 2.23. The third-order valence-corrected chi connectivity index (χ3v) is 4.21. The Balaban J connectivity index is 1.53. The number of nitrogens with zero attached hydrogens (tertiary/aromatic N) is 5. The molecule has 0 unspecified atom stereocenters. The van der Waals surface area contributed by atoms with E-state index < -0.39 is 0 Å². The molecule has 1 amide bonds. The lowest BCUT2D eigenvalue weighted by Gasteiger charge is -2.31. The fourth-order valence-electron chi connectivity index (χ4n) is 2.96. The van der Waals surface area contributed by atoms with Crippen molar-refractivity contribution in [1.82, 2.24) is 30.2 Å². The molecule has 0 aromatic carbocycles. The highest BCUT2D eigenvalue weighted by Crippen LogP contribution is 2.22. The summed E-state index contributed by atoms with van der Waals surface area (Å²) in [5, 5.41) is 11.0. The van der Waals surface area contributed by atoms with Crippen LogP contribution in [0.25, 0.3) is 0 Å². The molecule has 3 heterocycles. The van der Waals surface area contributed by atoms with Crippen LogP contribution in [0.2, 0.25) is 0 Å². The molecule has 7 nitrogen and oxygen atoms in total. The Morgan fingerprint density at radius 1 is 1.33 bits per heavy atom. The molecule has 0 aliphatic carbocycles. The van der Waals surface area contributed by atoms with Crippen molar-refractivity contribution in [3.63, 3.8) is 0 Å². The zero-order valence-corrected chi connectivity index (χ0v) is 14.2. The van der Waals surface area contributed by atoms with Gasteiger partial charge in [-0.25, -0.2) is 4.68 Å². The summed E-state index contributed by atoms with van der Waals surface area (Å²) in [5.41, 5.74) is 1.49. The van der Waals surface area contributed by atoms with Gasteiger partial charge in [0.05, 0.1) is 17.9 Å². The Bertz CT molecular complexity index is 661. The van der Waals surface area contributed by atoms with Gasteiger partial charge in [-0.15, -0.1) is 5.10 Å². The minimum atomic E-state index is -0.163. The third kappa shape index (κ3) is 4.17. The van der Waals surface area contributed by atoms with E-state index in [2.05, 4.69) is 31.6 Å². The van der Waals surface area contributed by atoms with Gasteiger partial charge in [0.15, 0.2) is 5.69 Å². The molecule has 1 aliphatic rings. The SMILES string of the molecule is CC(C)NC(=O)c1cn(C2CCN(Cc3ccccn3)CC2)nn1. The second kappa shape index (κ2) is 7.53. The summed E-state index contributed by atoms with van der Waals surface area (Å²) in [5.74, 6) is -0.163. The van der Waals surface area contributed by atoms with Crippen LogP contribution in [0.5, 0.6) is 0 Å². The van der Waals surface area contributed by atoms with E-state index in [1.165, 1.54) is 0 Å². The maximum atomic E-state index is 12.0. The number of pyridine rings is 1. The summed E-state index contributed by atoms with van der Waals surface area (Å²) < 4.78 is 1.84. The first kappa shape index (κ1) is 16.6. The molecule has 1 fully saturated rings. The average molecular weight is 328 g/mol. The molecule has 0 saturated carbocycles. The summed E-state index contributed by atoms with van der Waals surface area (Å²) in [6.07, 6.45) is 5.60. The van der Waals surface area contributed by atoms with Gasteiger partial charge in [0, 0.05) is 31.9 Å². The van der Waals surface area contributed by atoms with E-state index in [9.17, 15) is 4.79 Å². The summed E-state index contributed by atoms with van der Waals surface area (Å²) in [6, 6.07) is 6.42. The normalized spacial score (nSPS) is 16.5. The van der Waals surface area contributed by atoms with Crippen LogP contribution >= 0.6 is 0 Å². The molecule has 7 heteroatoms. The van der Waals surface area contributed by atoms with E-state index in [0.717, 1.165) is 38.2 Å². The van der Waals surface area contributed by atoms with Crippen LogP contribution in [-0.2, 0) is 6.54 Å². The van der Waals surface area contributed by atoms with E-state index in [1.54, 1.807) is 6.20 Å². The molecule has 2 aromatic rings. The van der Waals surface area contributed by atoms with Crippen molar-refractivity contribution in [1.29, 1.82) is 0 Å². The van der Waals surface area contributed by atoms with E-state index in [1.807, 2.05) is 36.9 Å². The molecule has 0 atom stereocenters. The molecular weight excluding hydrogens is 304 g/mol. The summed E-state index contributed by atoms with van der Waals surface area (Å²) >= 11 is 0. The molecule has 24 heavy (non-hydrogen) atoms. The molecule has 0 radical (unpaired) electrons. The number of carbonyl (C=O) groups is 1. The Labute approximate surface area is 142 Å². The minimum absolute atomic E-state index is 0.0949. The van der Waals surface area contributed by atoms with Crippen LogP contribution in [0.15, 0.2) is 30.6 Å². The number of nitrogens with one attached hydrogen (secondary N) is 1. The number of aromatic nitrogens is 4. The predicted octanol–water partition coefficient (Wildman–Crippen LogP) is 1.65. The second-order valence-electron chi connectivity index (χ2n) is 6.54. The third-order valence-electron chi connectivity index (χ3n) is 4.21. The maximum Gasteiger partial charge on any atom is 0.273 e. The fraction of sp³-hybridized carbons (Fsp3) is 0.529. The molecule has 3 rings (SSSR count). The molecule has 1 N–H and O–H groups in total. The zero-order valence-electron chi connectivity index (χ0n) is 14.2. The lowest BCUT2D eigenvalue weighted by Crippen LogP contribution is -2.34. The summed E-state index contributed by atoms with van der Waals surface area (Å²) in [4.78, 5) is 18.8. The largest absolute Gasteiger partial charge is 0.348 e. The van der Waals surface area contributed by atoms with E-state index in [0.29, 0.717) is 11.7 Å². The second-order valence-corrected chi connectivity index (χ2v) is 6.54. The van der Waals surface area contributed by atoms with Gasteiger partial charge in [-0.3, -0.25) is 14.7 Å². The molecule has 0 spiro atoms. The highest BCUT2D eigenvalue weighted by atomic mass is 16.2. The molecule has 1 aliphatic heterocycles. The Morgan fingerprint density at radius 2 is 2.12 bits per heavy atom. The van der Waals surface area contributed by atoms with Gasteiger partial charge in [-0.05, 0) is 38.8 Å². The van der Waals surface area contributed by atoms with Crippen molar-refractivity contribution in [3.05, 3.63) is 42.0 Å². The van der Waals surface area contributed by atoms with Crippen LogP contribution in [0.1, 0.15) is 48.9 Å². The van der Waals surface area contributed by atoms with Gasteiger partial charge in [0.1, 0.15) is 0 Å². The standard InChI is InChI=1S/C17H24N6O/c1-13(2)19-17(24)16-12-23(21-20-16)15-6-9-22(10-7-15)11-14-5-3-4-8-18-14/h3-5,8,12-13,15H,6-7,9-11H2,1-2H3,(H,19,24). The number of hydrogen-bond acceptors (Lipinski definition) is 5. The molecule has 128 valence electrons. The van der Waals surface area contributed by atoms with Crippen molar-refractivity contribution in [2.45, 2.75) is 45.3 Å². The molecule has 1 saturated heterocycles. The van der Waals surface area contributed by atoms with Gasteiger partial charge < -0.3 is 5.32 Å². The first-order valence-electron chi connectivity index (χ1n) is 8.47. The van der Waals surface area contributed by atoms with Crippen molar-refractivity contribution >= 4 is 5.91 Å². The first-order valence-corrected chi connectivity index (χ1v) is 8.47. The van der Waals surface area contributed by atoms with E-state index >= 15 is 0 Å². The van der Waals surface area contributed by atoms with Crippen LogP contribution < -0.4 is 5.32 Å². The number of carbonyl (C=O) groups excluding carboxylic acids is 1. The first-order chi connectivity index (χ1) is 11.6. The van der Waals surface area contributed by atoms with Crippen LogP contribution in [0, 0.1) is 0 Å². The number of hydrogen-bond donors (Lipinski definition) is 1. The quantitative estimate of drug-likeness (QED) is 0.903. The number of rotatable bonds is 5. The average Bonchev–Trinajstić information content (AvgIpc) is 3.06. The van der Waals surface area contributed by atoms with Crippen LogP contribution in [0.4, 0.5) is 0 Å². The smallest absolute Gasteiger partial charge is 0.273 e. The zero-order chi connectivity index (χ0) is 16.9. The topological polar surface area (TPSA) is 75.9 Å². The van der Waals surface area contributed by atoms with Crippen molar-refractivity contribution in [2.75, 3.05) is 13.1 Å². The van der Waals surface area contributed by atoms with Gasteiger partial charge in [0.25, 0.3) is 5.91 Å². The van der Waals surface area contributed by atoms with Crippen molar-refractivity contribution in [3.8, 4) is 0 Å². The molecule has 2 aromatic heterocycles. The monoisotopic (exact) mass is 328 g/mol. The number of likely N-dealkylation sites (tertiary alicyclic amines) is 1. The fourth-order valence-corrected chi connectivity index (χ4v) is 2.96. The van der Waals surface area contributed by atoms with Crippen molar-refractivity contribution < 1.29 is 4.79 Å². The molecular formula is C17H24N6O. The summed E-state index contributed by atoms with van der Waals surface area (Å²) in [6.45, 7) is 6.73. The minimum Gasteiger partial charge on any atom is -0.348 e. The van der Waals surface area contributed by atoms with Crippen LogP contribution in [0.3, 0.4) is 0 Å². The number of amides is 1. The van der Waals surface area contributed by atoms with Crippen LogP contribution in [-0.4, -0.2) is 49.9 Å². The maximum absolute atomic E-state index is 12.0. The van der Waals surface area contributed by atoms with Gasteiger partial charge >= 0.3 is 0 Å². The Kier molecular flexibility index (Phi) is 5.20. The summed E-state index contributed by atoms with van der Waals surface area (Å²) in [7, 11) is 0. The van der Waals surface area contributed by atoms with E-state index in [-0.39, 0.29) is 11.9 Å². The Hall–Kier alpha value is -2.28. The molecule has 0 bridgehead atoms. The van der Waals surface area contributed by atoms with E-state index in [4.69, 9.17) is 0 Å². The Morgan fingerprint density at radius 3 is 2.79 bits per heavy atom. The highest BCUT2D eigenvalue weighted by molar-refractivity contribution is 5.91. The van der Waals surface area contributed by atoms with Crippen molar-refractivity contribution in [2.24, 2.45) is 0 Å². The number of piperidine rings is 1. The van der Waals surface area contributed by atoms with Gasteiger partial charge in [-0.1, -0.05) is 11.3 Å². The predicted molar refractivity (Wildman–Crippen MR) is 90.4 cm³/mol. The van der Waals surface area contributed by atoms with Gasteiger partial charge in [-0.2, -0.15) is 0 Å².